The van der Waals surface area contributed by atoms with Gasteiger partial charge >= 0.3 is 0 Å². The minimum atomic E-state index is 0.174. The number of hydrogen-bond donors (Lipinski definition) is 0. The first-order valence-electron chi connectivity index (χ1n) is 6.03. The lowest BCUT2D eigenvalue weighted by molar-refractivity contribution is -0.114. The van der Waals surface area contributed by atoms with Crippen LogP contribution in [0.3, 0.4) is 0 Å². The van der Waals surface area contributed by atoms with Gasteiger partial charge in [-0.2, -0.15) is 5.26 Å². The van der Waals surface area contributed by atoms with Gasteiger partial charge in [0.15, 0.2) is 5.78 Å². The molecule has 1 aromatic rings. The number of carbonyl (C=O) groups is 1. The molecule has 0 bridgehead atoms. The molecule has 0 heterocycles. The number of nitrogens with zero attached hydrogens (tertiary/aromatic N) is 2. The topological polar surface area (TPSA) is 44.1 Å². The molecule has 1 saturated carbocycles. The third-order valence-corrected chi connectivity index (χ3v) is 3.20. The van der Waals surface area contributed by atoms with Gasteiger partial charge in [-0.3, -0.25) is 4.79 Å². The maximum Gasteiger partial charge on any atom is 0.160 e. The van der Waals surface area contributed by atoms with E-state index in [1.54, 1.807) is 0 Å². The van der Waals surface area contributed by atoms with Crippen LogP contribution < -0.4 is 0 Å². The normalized spacial score (nSPS) is 21.1. The molecular formula is C15H16N2O. The van der Waals surface area contributed by atoms with Crippen molar-refractivity contribution in [2.75, 3.05) is 14.1 Å². The predicted octanol–water partition coefficient (Wildman–Crippen LogP) is 2.45. The van der Waals surface area contributed by atoms with Crippen LogP contribution in [0.5, 0.6) is 0 Å². The first-order chi connectivity index (χ1) is 8.61. The molecular weight excluding hydrogens is 224 g/mol. The highest BCUT2D eigenvalue weighted by atomic mass is 16.1. The Kier molecular flexibility index (Phi) is 3.47. The second kappa shape index (κ2) is 5.05. The van der Waals surface area contributed by atoms with E-state index in [2.05, 4.69) is 6.07 Å². The Hall–Kier alpha value is -2.08. The number of rotatable bonds is 2. The largest absolute Gasteiger partial charge is 0.383 e. The SMILES string of the molecule is CN(C)C=C1C(=O)CCC1c1ccc(C#N)cc1. The molecule has 0 saturated heterocycles. The van der Waals surface area contributed by atoms with Gasteiger partial charge in [0.25, 0.3) is 0 Å². The van der Waals surface area contributed by atoms with Crippen molar-refractivity contribution in [3.63, 3.8) is 0 Å². The Morgan fingerprint density at radius 3 is 2.56 bits per heavy atom. The molecule has 1 fully saturated rings. The first kappa shape index (κ1) is 12.4. The van der Waals surface area contributed by atoms with Gasteiger partial charge in [0.2, 0.25) is 0 Å². The molecule has 0 spiro atoms. The molecule has 1 aromatic carbocycles. The van der Waals surface area contributed by atoms with Crippen LogP contribution in [-0.4, -0.2) is 24.8 Å². The Balaban J connectivity index is 2.32. The Morgan fingerprint density at radius 2 is 2.00 bits per heavy atom. The summed E-state index contributed by atoms with van der Waals surface area (Å²) in [5.74, 6) is 0.408. The van der Waals surface area contributed by atoms with E-state index < -0.39 is 0 Å². The molecule has 1 aliphatic carbocycles. The molecule has 0 aromatic heterocycles. The summed E-state index contributed by atoms with van der Waals surface area (Å²) in [4.78, 5) is 13.8. The van der Waals surface area contributed by atoms with Crippen molar-refractivity contribution < 1.29 is 4.79 Å². The summed E-state index contributed by atoms with van der Waals surface area (Å²) in [6.07, 6.45) is 3.40. The molecule has 1 aliphatic rings. The fourth-order valence-corrected chi connectivity index (χ4v) is 2.35. The number of allylic oxidation sites excluding steroid dienone is 1. The summed E-state index contributed by atoms with van der Waals surface area (Å²) in [6.45, 7) is 0. The fourth-order valence-electron chi connectivity index (χ4n) is 2.35. The van der Waals surface area contributed by atoms with Gasteiger partial charge in [-0.1, -0.05) is 12.1 Å². The third-order valence-electron chi connectivity index (χ3n) is 3.20. The number of Topliss-reactive ketones (excluding diaryl/α,β-unsaturated/α-hetero) is 1. The Labute approximate surface area is 107 Å². The average Bonchev–Trinajstić information content (AvgIpc) is 2.71. The zero-order valence-corrected chi connectivity index (χ0v) is 10.7. The number of carbonyl (C=O) groups excluding carboxylic acids is 1. The van der Waals surface area contributed by atoms with E-state index in [1.165, 1.54) is 0 Å². The van der Waals surface area contributed by atoms with E-state index in [0.29, 0.717) is 12.0 Å². The zero-order valence-electron chi connectivity index (χ0n) is 10.7. The van der Waals surface area contributed by atoms with E-state index in [-0.39, 0.29) is 11.7 Å². The fraction of sp³-hybridized carbons (Fsp3) is 0.333. The molecule has 92 valence electrons. The van der Waals surface area contributed by atoms with Crippen LogP contribution in [0, 0.1) is 11.3 Å². The summed E-state index contributed by atoms with van der Waals surface area (Å²) in [5.41, 5.74) is 2.65. The smallest absolute Gasteiger partial charge is 0.160 e. The summed E-state index contributed by atoms with van der Waals surface area (Å²) in [7, 11) is 3.85. The van der Waals surface area contributed by atoms with E-state index in [1.807, 2.05) is 49.5 Å². The quantitative estimate of drug-likeness (QED) is 0.746. The van der Waals surface area contributed by atoms with Crippen molar-refractivity contribution >= 4 is 5.78 Å². The van der Waals surface area contributed by atoms with Crippen LogP contribution in [0.4, 0.5) is 0 Å². The van der Waals surface area contributed by atoms with Crippen LogP contribution in [0.25, 0.3) is 0 Å². The van der Waals surface area contributed by atoms with Crippen LogP contribution in [0.2, 0.25) is 0 Å². The van der Waals surface area contributed by atoms with Gasteiger partial charge < -0.3 is 4.90 Å². The highest BCUT2D eigenvalue weighted by Crippen LogP contribution is 2.36. The van der Waals surface area contributed by atoms with Gasteiger partial charge in [-0.25, -0.2) is 0 Å². The van der Waals surface area contributed by atoms with Crippen molar-refractivity contribution in [1.29, 1.82) is 5.26 Å². The van der Waals surface area contributed by atoms with Gasteiger partial charge in [0.05, 0.1) is 11.6 Å². The lowest BCUT2D eigenvalue weighted by Crippen LogP contribution is -2.08. The Bertz CT molecular complexity index is 520. The van der Waals surface area contributed by atoms with Gasteiger partial charge in [-0.15, -0.1) is 0 Å². The molecule has 2 rings (SSSR count). The maximum atomic E-state index is 11.9. The van der Waals surface area contributed by atoms with E-state index in [4.69, 9.17) is 5.26 Å². The molecule has 1 unspecified atom stereocenters. The summed E-state index contributed by atoms with van der Waals surface area (Å²) in [5, 5.41) is 8.78. The van der Waals surface area contributed by atoms with E-state index >= 15 is 0 Å². The minimum Gasteiger partial charge on any atom is -0.383 e. The van der Waals surface area contributed by atoms with Crippen LogP contribution in [-0.2, 0) is 4.79 Å². The van der Waals surface area contributed by atoms with Crippen LogP contribution >= 0.6 is 0 Å². The second-order valence-corrected chi connectivity index (χ2v) is 4.80. The zero-order chi connectivity index (χ0) is 13.1. The van der Waals surface area contributed by atoms with E-state index in [9.17, 15) is 4.79 Å². The maximum absolute atomic E-state index is 11.9. The monoisotopic (exact) mass is 240 g/mol. The Morgan fingerprint density at radius 1 is 1.33 bits per heavy atom. The summed E-state index contributed by atoms with van der Waals surface area (Å²) < 4.78 is 0. The molecule has 0 radical (unpaired) electrons. The number of hydrogen-bond acceptors (Lipinski definition) is 3. The second-order valence-electron chi connectivity index (χ2n) is 4.80. The molecule has 0 aliphatic heterocycles. The van der Waals surface area contributed by atoms with Gasteiger partial charge in [-0.05, 0) is 24.1 Å². The van der Waals surface area contributed by atoms with Crippen molar-refractivity contribution in [2.24, 2.45) is 0 Å². The average molecular weight is 240 g/mol. The summed E-state index contributed by atoms with van der Waals surface area (Å²) in [6, 6.07) is 9.63. The standard InChI is InChI=1S/C15H16N2O/c1-17(2)10-14-13(7-8-15(14)18)12-5-3-11(9-16)4-6-12/h3-6,10,13H,7-8H2,1-2H3. The predicted molar refractivity (Wildman–Crippen MR) is 69.9 cm³/mol. The third kappa shape index (κ3) is 2.43. The number of nitriles is 1. The highest BCUT2D eigenvalue weighted by Gasteiger charge is 2.29. The molecule has 3 nitrogen and oxygen atoms in total. The van der Waals surface area contributed by atoms with Gasteiger partial charge in [0.1, 0.15) is 0 Å². The molecule has 1 atom stereocenters. The van der Waals surface area contributed by atoms with Crippen LogP contribution in [0.1, 0.15) is 29.9 Å². The van der Waals surface area contributed by atoms with Gasteiger partial charge in [0, 0.05) is 38.2 Å². The van der Waals surface area contributed by atoms with E-state index in [0.717, 1.165) is 17.6 Å². The lowest BCUT2D eigenvalue weighted by atomic mass is 9.93. The minimum absolute atomic E-state index is 0.174. The molecule has 3 heteroatoms. The highest BCUT2D eigenvalue weighted by molar-refractivity contribution is 5.99. The number of ketones is 1. The molecule has 0 amide bonds. The molecule has 0 N–H and O–H groups in total. The van der Waals surface area contributed by atoms with Crippen LogP contribution in [0.15, 0.2) is 36.0 Å². The van der Waals surface area contributed by atoms with Crippen molar-refractivity contribution in [2.45, 2.75) is 18.8 Å². The van der Waals surface area contributed by atoms with Crippen molar-refractivity contribution in [3.8, 4) is 6.07 Å². The first-order valence-corrected chi connectivity index (χ1v) is 6.03. The summed E-state index contributed by atoms with van der Waals surface area (Å²) >= 11 is 0. The molecule has 18 heavy (non-hydrogen) atoms. The lowest BCUT2D eigenvalue weighted by Gasteiger charge is -2.14. The van der Waals surface area contributed by atoms with Crippen molar-refractivity contribution in [1.82, 2.24) is 4.90 Å². The number of benzene rings is 1. The van der Waals surface area contributed by atoms with Crippen molar-refractivity contribution in [3.05, 3.63) is 47.2 Å².